The van der Waals surface area contributed by atoms with Crippen molar-refractivity contribution in [1.82, 2.24) is 5.32 Å². The van der Waals surface area contributed by atoms with Gasteiger partial charge in [-0.2, -0.15) is 0 Å². The predicted molar refractivity (Wildman–Crippen MR) is 77.1 cm³/mol. The molecule has 1 aromatic carbocycles. The molecule has 1 rings (SSSR count). The van der Waals surface area contributed by atoms with Gasteiger partial charge in [-0.3, -0.25) is 0 Å². The highest BCUT2D eigenvalue weighted by Crippen LogP contribution is 2.35. The lowest BCUT2D eigenvalue weighted by atomic mass is 10.2. The highest BCUT2D eigenvalue weighted by Gasteiger charge is 2.14. The van der Waals surface area contributed by atoms with Crippen LogP contribution in [0.5, 0.6) is 0 Å². The molecule has 0 aromatic heterocycles. The fraction of sp³-hybridized carbons (Fsp3) is 0.538. The monoisotopic (exact) mass is 301 g/mol. The van der Waals surface area contributed by atoms with E-state index in [4.69, 9.17) is 0 Å². The Morgan fingerprint density at radius 3 is 2.56 bits per heavy atom. The summed E-state index contributed by atoms with van der Waals surface area (Å²) in [4.78, 5) is 1.37. The number of thioether (sulfide) groups is 1. The van der Waals surface area contributed by atoms with E-state index in [0.717, 1.165) is 17.6 Å². The largest absolute Gasteiger partial charge is 0.313 e. The van der Waals surface area contributed by atoms with Crippen molar-refractivity contribution < 1.29 is 0 Å². The molecule has 0 radical (unpaired) electrons. The van der Waals surface area contributed by atoms with Gasteiger partial charge in [-0.15, -0.1) is 11.8 Å². The van der Waals surface area contributed by atoms with Crippen LogP contribution in [0.1, 0.15) is 33.3 Å². The highest BCUT2D eigenvalue weighted by atomic mass is 79.9. The van der Waals surface area contributed by atoms with E-state index < -0.39 is 0 Å². The summed E-state index contributed by atoms with van der Waals surface area (Å²) in [6.07, 6.45) is 0. The van der Waals surface area contributed by atoms with E-state index in [1.165, 1.54) is 10.5 Å². The first-order valence-corrected chi connectivity index (χ1v) is 7.21. The van der Waals surface area contributed by atoms with Crippen LogP contribution >= 0.6 is 27.7 Å². The lowest BCUT2D eigenvalue weighted by Crippen LogP contribution is -2.14. The minimum absolute atomic E-state index is 0.259. The maximum Gasteiger partial charge on any atom is 0.0216 e. The molecule has 1 N–H and O–H groups in total. The van der Waals surface area contributed by atoms with Gasteiger partial charge in [-0.25, -0.2) is 0 Å². The molecule has 0 aliphatic carbocycles. The smallest absolute Gasteiger partial charge is 0.0216 e. The van der Waals surface area contributed by atoms with Gasteiger partial charge in [-0.05, 0) is 30.3 Å². The van der Waals surface area contributed by atoms with Crippen LogP contribution in [-0.2, 0) is 6.54 Å². The number of nitrogens with one attached hydrogen (secondary N) is 1. The zero-order valence-corrected chi connectivity index (χ0v) is 12.8. The van der Waals surface area contributed by atoms with Crippen molar-refractivity contribution in [1.29, 1.82) is 0 Å². The molecule has 0 aliphatic heterocycles. The van der Waals surface area contributed by atoms with Crippen molar-refractivity contribution in [2.24, 2.45) is 0 Å². The zero-order chi connectivity index (χ0) is 12.2. The third kappa shape index (κ3) is 4.89. The Hall–Kier alpha value is 0.01000. The molecule has 0 atom stereocenters. The van der Waals surface area contributed by atoms with Gasteiger partial charge in [0.1, 0.15) is 0 Å². The highest BCUT2D eigenvalue weighted by molar-refractivity contribution is 9.10. The van der Waals surface area contributed by atoms with Crippen molar-refractivity contribution in [3.05, 3.63) is 28.2 Å². The van der Waals surface area contributed by atoms with Crippen LogP contribution in [0.3, 0.4) is 0 Å². The van der Waals surface area contributed by atoms with Gasteiger partial charge in [0.25, 0.3) is 0 Å². The van der Waals surface area contributed by atoms with Gasteiger partial charge in [0.2, 0.25) is 0 Å². The van der Waals surface area contributed by atoms with Crippen LogP contribution in [0.2, 0.25) is 0 Å². The second-order valence-corrected chi connectivity index (χ2v) is 7.53. The standard InChI is InChI=1S/C13H20BrNS/c1-5-15-9-10-8-11(14)6-7-12(10)16-13(2,3)4/h6-8,15H,5,9H2,1-4H3. The molecule has 1 nitrogen and oxygen atoms in total. The first-order valence-electron chi connectivity index (χ1n) is 5.60. The van der Waals surface area contributed by atoms with Crippen LogP contribution in [0.25, 0.3) is 0 Å². The van der Waals surface area contributed by atoms with E-state index in [2.05, 4.69) is 67.1 Å². The Morgan fingerprint density at radius 2 is 2.00 bits per heavy atom. The summed E-state index contributed by atoms with van der Waals surface area (Å²) in [7, 11) is 0. The number of halogens is 1. The van der Waals surface area contributed by atoms with Gasteiger partial charge >= 0.3 is 0 Å². The maximum atomic E-state index is 3.53. The van der Waals surface area contributed by atoms with E-state index >= 15 is 0 Å². The van der Waals surface area contributed by atoms with Crippen LogP contribution in [0.15, 0.2) is 27.6 Å². The van der Waals surface area contributed by atoms with Crippen LogP contribution in [0, 0.1) is 0 Å². The lowest BCUT2D eigenvalue weighted by Gasteiger charge is -2.20. The Balaban J connectivity index is 2.89. The summed E-state index contributed by atoms with van der Waals surface area (Å²) in [5, 5.41) is 3.38. The molecule has 0 unspecified atom stereocenters. The van der Waals surface area contributed by atoms with E-state index in [1.54, 1.807) is 0 Å². The Bertz CT molecular complexity index is 344. The van der Waals surface area contributed by atoms with E-state index in [9.17, 15) is 0 Å². The first kappa shape index (κ1) is 14.1. The fourth-order valence-corrected chi connectivity index (χ4v) is 2.84. The van der Waals surface area contributed by atoms with E-state index in [0.29, 0.717) is 0 Å². The normalized spacial score (nSPS) is 11.8. The molecular weight excluding hydrogens is 282 g/mol. The molecule has 1 aromatic rings. The van der Waals surface area contributed by atoms with Gasteiger partial charge in [0, 0.05) is 20.7 Å². The average Bonchev–Trinajstić information content (AvgIpc) is 2.16. The molecular formula is C13H20BrNS. The Morgan fingerprint density at radius 1 is 1.31 bits per heavy atom. The maximum absolute atomic E-state index is 3.53. The van der Waals surface area contributed by atoms with Gasteiger partial charge < -0.3 is 5.32 Å². The number of hydrogen-bond donors (Lipinski definition) is 1. The molecule has 0 amide bonds. The van der Waals surface area contributed by atoms with Crippen LogP contribution in [-0.4, -0.2) is 11.3 Å². The Kier molecular flexibility index (Phi) is 5.35. The van der Waals surface area contributed by atoms with E-state index in [-0.39, 0.29) is 4.75 Å². The second-order valence-electron chi connectivity index (χ2n) is 4.75. The molecule has 0 saturated carbocycles. The molecule has 90 valence electrons. The molecule has 16 heavy (non-hydrogen) atoms. The van der Waals surface area contributed by atoms with E-state index in [1.807, 2.05) is 11.8 Å². The minimum atomic E-state index is 0.259. The summed E-state index contributed by atoms with van der Waals surface area (Å²) in [6.45, 7) is 10.8. The van der Waals surface area contributed by atoms with Crippen LogP contribution in [0.4, 0.5) is 0 Å². The van der Waals surface area contributed by atoms with Gasteiger partial charge in [-0.1, -0.05) is 43.6 Å². The van der Waals surface area contributed by atoms with Crippen molar-refractivity contribution >= 4 is 27.7 Å². The summed E-state index contributed by atoms with van der Waals surface area (Å²) in [5.74, 6) is 0. The van der Waals surface area contributed by atoms with Crippen LogP contribution < -0.4 is 5.32 Å². The van der Waals surface area contributed by atoms with Gasteiger partial charge in [0.05, 0.1) is 0 Å². The molecule has 0 fully saturated rings. The van der Waals surface area contributed by atoms with Crippen molar-refractivity contribution in [2.75, 3.05) is 6.54 Å². The second kappa shape index (κ2) is 6.08. The fourth-order valence-electron chi connectivity index (χ4n) is 1.38. The first-order chi connectivity index (χ1) is 7.42. The van der Waals surface area contributed by atoms with Gasteiger partial charge in [0.15, 0.2) is 0 Å². The molecule has 0 heterocycles. The average molecular weight is 302 g/mol. The summed E-state index contributed by atoms with van der Waals surface area (Å²) < 4.78 is 1.41. The zero-order valence-electron chi connectivity index (χ0n) is 10.4. The predicted octanol–water partition coefficient (Wildman–Crippen LogP) is 4.45. The van der Waals surface area contributed by atoms with Crippen molar-refractivity contribution in [3.8, 4) is 0 Å². The number of benzene rings is 1. The topological polar surface area (TPSA) is 12.0 Å². The number of hydrogen-bond acceptors (Lipinski definition) is 2. The summed E-state index contributed by atoms with van der Waals surface area (Å²) in [5.41, 5.74) is 1.37. The minimum Gasteiger partial charge on any atom is -0.313 e. The quantitative estimate of drug-likeness (QED) is 0.825. The van der Waals surface area contributed by atoms with Crippen molar-refractivity contribution in [3.63, 3.8) is 0 Å². The molecule has 0 bridgehead atoms. The molecule has 3 heteroatoms. The lowest BCUT2D eigenvalue weighted by molar-refractivity contribution is 0.716. The summed E-state index contributed by atoms with van der Waals surface area (Å²) in [6, 6.07) is 6.52. The molecule has 0 spiro atoms. The summed E-state index contributed by atoms with van der Waals surface area (Å²) >= 11 is 5.46. The third-order valence-electron chi connectivity index (χ3n) is 2.00. The van der Waals surface area contributed by atoms with Crippen molar-refractivity contribution in [2.45, 2.75) is 43.9 Å². The number of rotatable bonds is 4. The third-order valence-corrected chi connectivity index (χ3v) is 3.73. The molecule has 0 saturated heterocycles. The molecule has 0 aliphatic rings. The Labute approximate surface area is 112 Å². The SMILES string of the molecule is CCNCc1cc(Br)ccc1SC(C)(C)C.